The molecule has 0 fully saturated rings. The van der Waals surface area contributed by atoms with E-state index in [4.69, 9.17) is 5.10 Å². The standard InChI is InChI=1S/C31H29N5O/c1-21-11-15-24(16-12-21)29-28-10-7-19-34(28)30-27(23(3)33-36(30)26-8-5-4-6-9-26)20-35(29)31(37)32-25-17-13-22(2)14-18-25/h4-19,29H,20H2,1-3H3,(H,32,37)/t29-/m0/s1. The summed E-state index contributed by atoms with van der Waals surface area (Å²) in [4.78, 5) is 15.9. The van der Waals surface area contributed by atoms with Gasteiger partial charge in [-0.2, -0.15) is 5.10 Å². The third kappa shape index (κ3) is 4.10. The lowest BCUT2D eigenvalue weighted by Crippen LogP contribution is -2.38. The Morgan fingerprint density at radius 1 is 0.838 bits per heavy atom. The number of hydrogen-bond acceptors (Lipinski definition) is 2. The lowest BCUT2D eigenvalue weighted by Gasteiger charge is -2.31. The first-order valence-electron chi connectivity index (χ1n) is 12.5. The molecule has 3 aromatic carbocycles. The Morgan fingerprint density at radius 3 is 2.22 bits per heavy atom. The molecule has 0 bridgehead atoms. The van der Waals surface area contributed by atoms with Crippen LogP contribution in [0.1, 0.15) is 39.7 Å². The molecule has 0 saturated heterocycles. The molecule has 1 aliphatic heterocycles. The number of rotatable bonds is 3. The first-order chi connectivity index (χ1) is 18.0. The summed E-state index contributed by atoms with van der Waals surface area (Å²) < 4.78 is 4.17. The van der Waals surface area contributed by atoms with Gasteiger partial charge in [0.05, 0.1) is 29.7 Å². The molecule has 1 N–H and O–H groups in total. The molecule has 0 spiro atoms. The lowest BCUT2D eigenvalue weighted by molar-refractivity contribution is 0.194. The summed E-state index contributed by atoms with van der Waals surface area (Å²) in [6.45, 7) is 6.56. The van der Waals surface area contributed by atoms with E-state index in [1.807, 2.05) is 72.0 Å². The van der Waals surface area contributed by atoms with Crippen LogP contribution in [0.25, 0.3) is 11.5 Å². The number of carbonyl (C=O) groups is 1. The Morgan fingerprint density at radius 2 is 1.51 bits per heavy atom. The number of carbonyl (C=O) groups excluding carboxylic acids is 1. The Hall–Kier alpha value is -4.58. The van der Waals surface area contributed by atoms with Crippen LogP contribution < -0.4 is 5.32 Å². The molecule has 0 radical (unpaired) electrons. The van der Waals surface area contributed by atoms with Crippen molar-refractivity contribution in [3.05, 3.63) is 131 Å². The predicted molar refractivity (Wildman–Crippen MR) is 146 cm³/mol. The smallest absolute Gasteiger partial charge is 0.308 e. The van der Waals surface area contributed by atoms with Crippen molar-refractivity contribution in [1.82, 2.24) is 19.2 Å². The first kappa shape index (κ1) is 22.9. The molecule has 37 heavy (non-hydrogen) atoms. The van der Waals surface area contributed by atoms with Crippen molar-refractivity contribution < 1.29 is 4.79 Å². The molecule has 6 rings (SSSR count). The van der Waals surface area contributed by atoms with Crippen molar-refractivity contribution in [2.75, 3.05) is 5.32 Å². The highest BCUT2D eigenvalue weighted by Gasteiger charge is 2.36. The van der Waals surface area contributed by atoms with Crippen molar-refractivity contribution in [2.24, 2.45) is 0 Å². The summed E-state index contributed by atoms with van der Waals surface area (Å²) in [5.41, 5.74) is 8.08. The maximum Gasteiger partial charge on any atom is 0.322 e. The number of nitrogens with zero attached hydrogens (tertiary/aromatic N) is 4. The molecule has 0 aliphatic carbocycles. The molecule has 0 saturated carbocycles. The van der Waals surface area contributed by atoms with Crippen LogP contribution in [0.5, 0.6) is 0 Å². The number of amides is 2. The molecule has 1 aliphatic rings. The molecule has 6 nitrogen and oxygen atoms in total. The number of fused-ring (bicyclic) bond motifs is 3. The monoisotopic (exact) mass is 487 g/mol. The molecule has 2 amide bonds. The second-order valence-electron chi connectivity index (χ2n) is 9.68. The number of aryl methyl sites for hydroxylation is 3. The fourth-order valence-electron chi connectivity index (χ4n) is 5.08. The molecular formula is C31H29N5O. The molecule has 1 atom stereocenters. The van der Waals surface area contributed by atoms with Crippen molar-refractivity contribution in [2.45, 2.75) is 33.4 Å². The summed E-state index contributed by atoms with van der Waals surface area (Å²) >= 11 is 0. The van der Waals surface area contributed by atoms with E-state index >= 15 is 0 Å². The average Bonchev–Trinajstić information content (AvgIpc) is 3.47. The van der Waals surface area contributed by atoms with Crippen LogP contribution in [0.15, 0.2) is 97.2 Å². The molecule has 2 aromatic heterocycles. The van der Waals surface area contributed by atoms with Gasteiger partial charge in [0.15, 0.2) is 0 Å². The van der Waals surface area contributed by atoms with Gasteiger partial charge in [-0.1, -0.05) is 65.7 Å². The number of urea groups is 1. The quantitative estimate of drug-likeness (QED) is 0.307. The number of aromatic nitrogens is 3. The van der Waals surface area contributed by atoms with Gasteiger partial charge in [-0.15, -0.1) is 0 Å². The molecule has 5 aromatic rings. The van der Waals surface area contributed by atoms with E-state index in [2.05, 4.69) is 65.5 Å². The minimum Gasteiger partial charge on any atom is -0.308 e. The van der Waals surface area contributed by atoms with Crippen LogP contribution in [0.2, 0.25) is 0 Å². The fourth-order valence-corrected chi connectivity index (χ4v) is 5.08. The molecular weight excluding hydrogens is 458 g/mol. The third-order valence-corrected chi connectivity index (χ3v) is 7.04. The molecule has 0 unspecified atom stereocenters. The number of hydrogen-bond donors (Lipinski definition) is 1. The van der Waals surface area contributed by atoms with Gasteiger partial charge in [0.25, 0.3) is 0 Å². The van der Waals surface area contributed by atoms with Crippen LogP contribution in [0.3, 0.4) is 0 Å². The maximum absolute atomic E-state index is 14.0. The number of anilines is 1. The van der Waals surface area contributed by atoms with Gasteiger partial charge in [-0.05, 0) is 62.7 Å². The van der Waals surface area contributed by atoms with Crippen molar-refractivity contribution in [1.29, 1.82) is 0 Å². The van der Waals surface area contributed by atoms with Gasteiger partial charge in [0.2, 0.25) is 0 Å². The topological polar surface area (TPSA) is 55.1 Å². The van der Waals surface area contributed by atoms with Gasteiger partial charge in [-0.3, -0.25) is 0 Å². The van der Waals surface area contributed by atoms with E-state index in [0.717, 1.165) is 45.3 Å². The normalized spacial score (nSPS) is 14.6. The van der Waals surface area contributed by atoms with E-state index in [0.29, 0.717) is 6.54 Å². The van der Waals surface area contributed by atoms with Crippen molar-refractivity contribution in [3.63, 3.8) is 0 Å². The summed E-state index contributed by atoms with van der Waals surface area (Å²) in [7, 11) is 0. The Labute approximate surface area is 216 Å². The summed E-state index contributed by atoms with van der Waals surface area (Å²) in [5, 5.41) is 8.06. The van der Waals surface area contributed by atoms with E-state index in [1.54, 1.807) is 0 Å². The maximum atomic E-state index is 14.0. The average molecular weight is 488 g/mol. The van der Waals surface area contributed by atoms with Gasteiger partial charge in [0, 0.05) is 17.4 Å². The highest BCUT2D eigenvalue weighted by atomic mass is 16.2. The highest BCUT2D eigenvalue weighted by molar-refractivity contribution is 5.90. The molecule has 184 valence electrons. The van der Waals surface area contributed by atoms with Crippen LogP contribution in [-0.2, 0) is 6.54 Å². The lowest BCUT2D eigenvalue weighted by atomic mass is 10.0. The Bertz CT molecular complexity index is 1560. The first-order valence-corrected chi connectivity index (χ1v) is 12.5. The van der Waals surface area contributed by atoms with Gasteiger partial charge in [0.1, 0.15) is 5.82 Å². The molecule has 3 heterocycles. The van der Waals surface area contributed by atoms with Gasteiger partial charge >= 0.3 is 6.03 Å². The second-order valence-corrected chi connectivity index (χ2v) is 9.68. The second kappa shape index (κ2) is 9.13. The van der Waals surface area contributed by atoms with E-state index in [-0.39, 0.29) is 12.1 Å². The van der Waals surface area contributed by atoms with Gasteiger partial charge < -0.3 is 14.8 Å². The zero-order valence-electron chi connectivity index (χ0n) is 21.2. The van der Waals surface area contributed by atoms with Crippen LogP contribution in [0, 0.1) is 20.8 Å². The van der Waals surface area contributed by atoms with Crippen LogP contribution >= 0.6 is 0 Å². The fraction of sp³-hybridized carbons (Fsp3) is 0.161. The van der Waals surface area contributed by atoms with Crippen molar-refractivity contribution >= 4 is 11.7 Å². The third-order valence-electron chi connectivity index (χ3n) is 7.04. The van der Waals surface area contributed by atoms with E-state index in [1.165, 1.54) is 5.56 Å². The Kier molecular flexibility index (Phi) is 5.64. The number of nitrogens with one attached hydrogen (secondary N) is 1. The summed E-state index contributed by atoms with van der Waals surface area (Å²) in [5.74, 6) is 0.964. The van der Waals surface area contributed by atoms with Crippen molar-refractivity contribution in [3.8, 4) is 11.5 Å². The zero-order chi connectivity index (χ0) is 25.5. The summed E-state index contributed by atoms with van der Waals surface area (Å²) in [6.07, 6.45) is 2.07. The number of benzene rings is 3. The zero-order valence-corrected chi connectivity index (χ0v) is 21.2. The predicted octanol–water partition coefficient (Wildman–Crippen LogP) is 6.73. The van der Waals surface area contributed by atoms with Crippen LogP contribution in [0.4, 0.5) is 10.5 Å². The number of para-hydroxylation sites is 1. The minimum absolute atomic E-state index is 0.151. The van der Waals surface area contributed by atoms with Crippen LogP contribution in [-0.4, -0.2) is 25.3 Å². The van der Waals surface area contributed by atoms with E-state index in [9.17, 15) is 4.79 Å². The Balaban J connectivity index is 1.53. The summed E-state index contributed by atoms with van der Waals surface area (Å²) in [6, 6.07) is 30.2. The largest absolute Gasteiger partial charge is 0.322 e. The SMILES string of the molecule is Cc1ccc(NC(=O)N2Cc3c(C)nn(-c4ccccc4)c3-n3cccc3[C@@H]2c2ccc(C)cc2)cc1. The highest BCUT2D eigenvalue weighted by Crippen LogP contribution is 2.38. The minimum atomic E-state index is -0.280. The molecule has 6 heteroatoms. The van der Waals surface area contributed by atoms with Gasteiger partial charge in [-0.25, -0.2) is 9.48 Å². The van der Waals surface area contributed by atoms with E-state index < -0.39 is 0 Å².